The Balaban J connectivity index is 1.73. The van der Waals surface area contributed by atoms with E-state index in [1.807, 2.05) is 48.5 Å². The van der Waals surface area contributed by atoms with Crippen LogP contribution in [0.2, 0.25) is 0 Å². The van der Waals surface area contributed by atoms with Crippen LogP contribution in [0, 0.1) is 0 Å². The first-order valence-electron chi connectivity index (χ1n) is 7.30. The molecule has 2 aliphatic rings. The number of hydrogen-bond donors (Lipinski definition) is 0. The molecular formula is C17H14N4O2. The minimum atomic E-state index is -1.19. The highest BCUT2D eigenvalue weighted by molar-refractivity contribution is 6.25. The van der Waals surface area contributed by atoms with Crippen molar-refractivity contribution in [1.82, 2.24) is 9.99 Å². The SMILES string of the molecule is CN1N=C(c2ccccc2)C2(CC(c3ccccn3)=NO2)C1=O. The van der Waals surface area contributed by atoms with Gasteiger partial charge in [0, 0.05) is 18.8 Å². The fraction of sp³-hybridized carbons (Fsp3) is 0.176. The third-order valence-electron chi connectivity index (χ3n) is 4.01. The molecule has 0 aliphatic carbocycles. The molecule has 0 saturated heterocycles. The lowest BCUT2D eigenvalue weighted by Gasteiger charge is -2.20. The smallest absolute Gasteiger partial charge is 0.296 e. The van der Waals surface area contributed by atoms with Gasteiger partial charge in [0.05, 0.1) is 12.1 Å². The lowest BCUT2D eigenvalue weighted by molar-refractivity contribution is -0.143. The maximum Gasteiger partial charge on any atom is 0.296 e. The largest absolute Gasteiger partial charge is 0.372 e. The van der Waals surface area contributed by atoms with Crippen LogP contribution < -0.4 is 0 Å². The summed E-state index contributed by atoms with van der Waals surface area (Å²) in [6.45, 7) is 0. The van der Waals surface area contributed by atoms with E-state index in [9.17, 15) is 4.79 Å². The van der Waals surface area contributed by atoms with Crippen molar-refractivity contribution in [3.63, 3.8) is 0 Å². The summed E-state index contributed by atoms with van der Waals surface area (Å²) in [6.07, 6.45) is 2.01. The first kappa shape index (κ1) is 13.6. The van der Waals surface area contributed by atoms with Gasteiger partial charge in [-0.15, -0.1) is 0 Å². The number of pyridine rings is 1. The molecule has 23 heavy (non-hydrogen) atoms. The van der Waals surface area contributed by atoms with Crippen molar-refractivity contribution in [1.29, 1.82) is 0 Å². The fourth-order valence-electron chi connectivity index (χ4n) is 2.87. The molecule has 4 rings (SSSR count). The number of carbonyl (C=O) groups is 1. The van der Waals surface area contributed by atoms with Crippen molar-refractivity contribution >= 4 is 17.3 Å². The summed E-state index contributed by atoms with van der Waals surface area (Å²) in [7, 11) is 1.63. The van der Waals surface area contributed by atoms with Gasteiger partial charge in [0.2, 0.25) is 0 Å². The monoisotopic (exact) mass is 306 g/mol. The highest BCUT2D eigenvalue weighted by Gasteiger charge is 2.57. The predicted octanol–water partition coefficient (Wildman–Crippen LogP) is 1.82. The number of carbonyl (C=O) groups excluding carboxylic acids is 1. The third-order valence-corrected chi connectivity index (χ3v) is 4.01. The standard InChI is InChI=1S/C17H14N4O2/c1-21-16(22)17(15(19-21)12-7-3-2-4-8-12)11-14(20-23-17)13-9-5-6-10-18-13/h2-10H,11H2,1H3. The molecule has 0 radical (unpaired) electrons. The number of nitrogens with zero attached hydrogens (tertiary/aromatic N) is 4. The van der Waals surface area contributed by atoms with Gasteiger partial charge >= 0.3 is 0 Å². The van der Waals surface area contributed by atoms with E-state index in [0.29, 0.717) is 23.5 Å². The summed E-state index contributed by atoms with van der Waals surface area (Å²) in [5.41, 5.74) is 1.60. The van der Waals surface area contributed by atoms with Crippen LogP contribution in [0.15, 0.2) is 65.0 Å². The normalized spacial score (nSPS) is 23.0. The first-order valence-corrected chi connectivity index (χ1v) is 7.30. The first-order chi connectivity index (χ1) is 11.2. The lowest BCUT2D eigenvalue weighted by Crippen LogP contribution is -2.46. The van der Waals surface area contributed by atoms with Crippen LogP contribution in [0.4, 0.5) is 0 Å². The zero-order valence-corrected chi connectivity index (χ0v) is 12.5. The average molecular weight is 306 g/mol. The second-order valence-electron chi connectivity index (χ2n) is 5.49. The molecule has 1 amide bonds. The number of likely N-dealkylation sites (N-methyl/N-ethyl adjacent to an activating group) is 1. The molecule has 2 aliphatic heterocycles. The molecule has 0 bridgehead atoms. The van der Waals surface area contributed by atoms with Crippen molar-refractivity contribution in [3.8, 4) is 0 Å². The number of amides is 1. The Hall–Kier alpha value is -3.02. The number of hydrogen-bond acceptors (Lipinski definition) is 5. The molecule has 1 spiro atoms. The summed E-state index contributed by atoms with van der Waals surface area (Å²) in [6, 6.07) is 15.1. The summed E-state index contributed by atoms with van der Waals surface area (Å²) < 4.78 is 0. The van der Waals surface area contributed by atoms with E-state index in [-0.39, 0.29) is 5.91 Å². The molecule has 3 heterocycles. The number of aromatic nitrogens is 1. The quantitative estimate of drug-likeness (QED) is 0.850. The minimum absolute atomic E-state index is 0.217. The van der Waals surface area contributed by atoms with Gasteiger partial charge in [-0.3, -0.25) is 9.78 Å². The molecule has 1 aromatic heterocycles. The molecule has 1 atom stereocenters. The Morgan fingerprint density at radius 2 is 1.91 bits per heavy atom. The summed E-state index contributed by atoms with van der Waals surface area (Å²) in [4.78, 5) is 22.6. The second kappa shape index (κ2) is 5.01. The zero-order valence-electron chi connectivity index (χ0n) is 12.5. The van der Waals surface area contributed by atoms with Crippen LogP contribution in [0.3, 0.4) is 0 Å². The van der Waals surface area contributed by atoms with E-state index in [1.165, 1.54) is 5.01 Å². The average Bonchev–Trinajstić information content (AvgIpc) is 3.15. The van der Waals surface area contributed by atoms with Crippen LogP contribution >= 0.6 is 0 Å². The second-order valence-corrected chi connectivity index (χ2v) is 5.49. The van der Waals surface area contributed by atoms with E-state index in [1.54, 1.807) is 13.2 Å². The highest BCUT2D eigenvalue weighted by atomic mass is 16.7. The number of rotatable bonds is 2. The number of hydrazone groups is 1. The molecule has 0 fully saturated rings. The maximum atomic E-state index is 12.7. The van der Waals surface area contributed by atoms with Crippen LogP contribution in [-0.2, 0) is 9.63 Å². The highest BCUT2D eigenvalue weighted by Crippen LogP contribution is 2.36. The van der Waals surface area contributed by atoms with Crippen molar-refractivity contribution in [3.05, 3.63) is 66.0 Å². The predicted molar refractivity (Wildman–Crippen MR) is 85.0 cm³/mol. The van der Waals surface area contributed by atoms with Crippen molar-refractivity contribution in [2.75, 3.05) is 7.05 Å². The Morgan fingerprint density at radius 3 is 2.65 bits per heavy atom. The van der Waals surface area contributed by atoms with Crippen molar-refractivity contribution in [2.24, 2.45) is 10.3 Å². The summed E-state index contributed by atoms with van der Waals surface area (Å²) >= 11 is 0. The topological polar surface area (TPSA) is 67.2 Å². The summed E-state index contributed by atoms with van der Waals surface area (Å²) in [5, 5.41) is 9.83. The Kier molecular flexibility index (Phi) is 2.97. The van der Waals surface area contributed by atoms with E-state index < -0.39 is 5.60 Å². The molecular weight excluding hydrogens is 292 g/mol. The maximum absolute atomic E-state index is 12.7. The zero-order chi connectivity index (χ0) is 15.9. The van der Waals surface area contributed by atoms with Gasteiger partial charge in [-0.1, -0.05) is 41.6 Å². The van der Waals surface area contributed by atoms with Gasteiger partial charge in [-0.25, -0.2) is 5.01 Å². The van der Waals surface area contributed by atoms with Gasteiger partial charge in [-0.05, 0) is 12.1 Å². The Morgan fingerprint density at radius 1 is 1.13 bits per heavy atom. The van der Waals surface area contributed by atoms with Crippen molar-refractivity contribution < 1.29 is 9.63 Å². The molecule has 6 nitrogen and oxygen atoms in total. The summed E-state index contributed by atoms with van der Waals surface area (Å²) in [5.74, 6) is -0.217. The van der Waals surface area contributed by atoms with Crippen molar-refractivity contribution in [2.45, 2.75) is 12.0 Å². The van der Waals surface area contributed by atoms with Gasteiger partial charge in [-0.2, -0.15) is 5.10 Å². The van der Waals surface area contributed by atoms with Crippen LogP contribution in [-0.4, -0.2) is 40.0 Å². The van der Waals surface area contributed by atoms with E-state index in [2.05, 4.69) is 15.2 Å². The van der Waals surface area contributed by atoms with Gasteiger partial charge in [0.1, 0.15) is 11.4 Å². The fourth-order valence-corrected chi connectivity index (χ4v) is 2.87. The third kappa shape index (κ3) is 2.03. The lowest BCUT2D eigenvalue weighted by atomic mass is 9.87. The van der Waals surface area contributed by atoms with E-state index in [4.69, 9.17) is 4.84 Å². The molecule has 1 unspecified atom stereocenters. The molecule has 0 saturated carbocycles. The van der Waals surface area contributed by atoms with Gasteiger partial charge < -0.3 is 4.84 Å². The number of benzene rings is 1. The van der Waals surface area contributed by atoms with E-state index >= 15 is 0 Å². The minimum Gasteiger partial charge on any atom is -0.372 e. The molecule has 6 heteroatoms. The Labute approximate surface area is 133 Å². The van der Waals surface area contributed by atoms with Crippen LogP contribution in [0.5, 0.6) is 0 Å². The molecule has 0 N–H and O–H groups in total. The van der Waals surface area contributed by atoms with Gasteiger partial charge in [0.15, 0.2) is 0 Å². The van der Waals surface area contributed by atoms with Crippen LogP contribution in [0.25, 0.3) is 0 Å². The Bertz CT molecular complexity index is 817. The van der Waals surface area contributed by atoms with Crippen LogP contribution in [0.1, 0.15) is 17.7 Å². The van der Waals surface area contributed by atoms with E-state index in [0.717, 1.165) is 5.56 Å². The molecule has 1 aromatic carbocycles. The number of oxime groups is 1. The molecule has 114 valence electrons. The van der Waals surface area contributed by atoms with Gasteiger partial charge in [0.25, 0.3) is 11.5 Å². The molecule has 2 aromatic rings.